The Bertz CT molecular complexity index is 957. The lowest BCUT2D eigenvalue weighted by Gasteiger charge is -2.12. The molecule has 144 valence electrons. The monoisotopic (exact) mass is 389 g/mol. The molecule has 0 radical (unpaired) electrons. The van der Waals surface area contributed by atoms with Gasteiger partial charge in [0.2, 0.25) is 6.79 Å². The van der Waals surface area contributed by atoms with Gasteiger partial charge in [-0.25, -0.2) is 8.42 Å². The molecule has 1 aliphatic heterocycles. The predicted octanol–water partition coefficient (Wildman–Crippen LogP) is 2.40. The summed E-state index contributed by atoms with van der Waals surface area (Å²) in [7, 11) is -3.61. The molecule has 1 aliphatic carbocycles. The molecule has 7 heteroatoms. The largest absolute Gasteiger partial charge is 0.454 e. The Kier molecular flexibility index (Phi) is 4.41. The van der Waals surface area contributed by atoms with E-state index < -0.39 is 20.6 Å². The summed E-state index contributed by atoms with van der Waals surface area (Å²) in [4.78, 5) is 0.285. The fourth-order valence-corrected chi connectivity index (χ4v) is 6.10. The van der Waals surface area contributed by atoms with Gasteiger partial charge in [0.25, 0.3) is 0 Å². The third kappa shape index (κ3) is 2.99. The zero-order valence-corrected chi connectivity index (χ0v) is 16.2. The lowest BCUT2D eigenvalue weighted by molar-refractivity contribution is 0.125. The first kappa shape index (κ1) is 18.3. The van der Waals surface area contributed by atoms with Crippen molar-refractivity contribution in [2.24, 2.45) is 5.73 Å². The maximum Gasteiger partial charge on any atom is 0.231 e. The van der Waals surface area contributed by atoms with E-state index in [0.29, 0.717) is 18.1 Å². The molecule has 0 saturated heterocycles. The fourth-order valence-electron chi connectivity index (χ4n) is 3.81. The summed E-state index contributed by atoms with van der Waals surface area (Å²) in [6.45, 7) is 4.61. The number of benzene rings is 2. The van der Waals surface area contributed by atoms with E-state index in [0.717, 1.165) is 11.1 Å². The topological polar surface area (TPSA) is 87.8 Å². The predicted molar refractivity (Wildman–Crippen MR) is 101 cm³/mol. The molecule has 27 heavy (non-hydrogen) atoms. The third-order valence-corrected chi connectivity index (χ3v) is 7.61. The van der Waals surface area contributed by atoms with E-state index >= 15 is 0 Å². The first-order valence-electron chi connectivity index (χ1n) is 8.94. The van der Waals surface area contributed by atoms with E-state index in [-0.39, 0.29) is 24.2 Å². The van der Waals surface area contributed by atoms with Crippen molar-refractivity contribution in [2.45, 2.75) is 35.4 Å². The first-order chi connectivity index (χ1) is 12.9. The van der Waals surface area contributed by atoms with Gasteiger partial charge in [-0.15, -0.1) is 0 Å². The van der Waals surface area contributed by atoms with Gasteiger partial charge in [0.15, 0.2) is 21.3 Å². The van der Waals surface area contributed by atoms with E-state index in [9.17, 15) is 8.42 Å². The molecule has 0 aromatic heterocycles. The molecule has 2 aromatic carbocycles. The Morgan fingerprint density at radius 2 is 1.85 bits per heavy atom. The summed E-state index contributed by atoms with van der Waals surface area (Å²) in [5, 5.41) is -0.750. The number of nitrogens with two attached hydrogens (primary N) is 1. The van der Waals surface area contributed by atoms with Gasteiger partial charge in [0.05, 0.1) is 22.3 Å². The van der Waals surface area contributed by atoms with Crippen LogP contribution in [0, 0.1) is 6.92 Å². The lowest BCUT2D eigenvalue weighted by atomic mass is 10.1. The Balaban J connectivity index is 1.72. The smallest absolute Gasteiger partial charge is 0.231 e. The van der Waals surface area contributed by atoms with Crippen molar-refractivity contribution < 1.29 is 22.6 Å². The maximum absolute atomic E-state index is 13.3. The van der Waals surface area contributed by atoms with Gasteiger partial charge in [-0.3, -0.25) is 0 Å². The standard InChI is InChI=1S/C20H23NO5S/c1-3-24-11-20(21)18(14-6-9-16-17(10-14)26-12-25-16)19(20)27(22,23)15-7-4-13(2)5-8-15/h4-10,18-19H,3,11-12,21H2,1-2H3/t18-,19+,20-/m1/s1. The molecule has 0 unspecified atom stereocenters. The summed E-state index contributed by atoms with van der Waals surface area (Å²) in [5.41, 5.74) is 7.42. The second-order valence-corrected chi connectivity index (χ2v) is 9.19. The molecule has 4 rings (SSSR count). The molecule has 0 spiro atoms. The molecule has 2 N–H and O–H groups in total. The van der Waals surface area contributed by atoms with Crippen molar-refractivity contribution in [2.75, 3.05) is 20.0 Å². The fraction of sp³-hybridized carbons (Fsp3) is 0.400. The van der Waals surface area contributed by atoms with Crippen LogP contribution in [0.1, 0.15) is 24.0 Å². The van der Waals surface area contributed by atoms with Crippen molar-refractivity contribution in [1.82, 2.24) is 0 Å². The first-order valence-corrected chi connectivity index (χ1v) is 10.5. The van der Waals surface area contributed by atoms with Crippen LogP contribution in [0.2, 0.25) is 0 Å². The van der Waals surface area contributed by atoms with Gasteiger partial charge < -0.3 is 19.9 Å². The molecule has 2 aromatic rings. The highest BCUT2D eigenvalue weighted by molar-refractivity contribution is 7.92. The van der Waals surface area contributed by atoms with Crippen LogP contribution in [-0.2, 0) is 14.6 Å². The molecule has 6 nitrogen and oxygen atoms in total. The number of sulfone groups is 1. The number of fused-ring (bicyclic) bond motifs is 1. The zero-order valence-electron chi connectivity index (χ0n) is 15.3. The minimum Gasteiger partial charge on any atom is -0.454 e. The van der Waals surface area contributed by atoms with Crippen LogP contribution in [0.3, 0.4) is 0 Å². The molecule has 1 heterocycles. The SMILES string of the molecule is CCOC[C@@]1(N)[C@H](c2ccc3c(c2)OCO3)[C@@H]1S(=O)(=O)c1ccc(C)cc1. The van der Waals surface area contributed by atoms with Crippen molar-refractivity contribution in [1.29, 1.82) is 0 Å². The van der Waals surface area contributed by atoms with Crippen LogP contribution in [0.15, 0.2) is 47.4 Å². The van der Waals surface area contributed by atoms with Crippen LogP contribution < -0.4 is 15.2 Å². The van der Waals surface area contributed by atoms with Gasteiger partial charge in [-0.1, -0.05) is 23.8 Å². The van der Waals surface area contributed by atoms with Gasteiger partial charge in [0, 0.05) is 12.5 Å². The highest BCUT2D eigenvalue weighted by Crippen LogP contribution is 2.56. The summed E-state index contributed by atoms with van der Waals surface area (Å²) in [5.74, 6) is 0.902. The molecule has 0 amide bonds. The Morgan fingerprint density at radius 3 is 2.56 bits per heavy atom. The van der Waals surface area contributed by atoms with E-state index in [2.05, 4.69) is 0 Å². The molecule has 3 atom stereocenters. The molecule has 1 saturated carbocycles. The van der Waals surface area contributed by atoms with E-state index in [1.165, 1.54) is 0 Å². The number of hydrogen-bond donors (Lipinski definition) is 1. The molecule has 1 fully saturated rings. The van der Waals surface area contributed by atoms with Gasteiger partial charge in [0.1, 0.15) is 0 Å². The summed E-state index contributed by atoms with van der Waals surface area (Å²) < 4.78 is 43.0. The van der Waals surface area contributed by atoms with E-state index in [4.69, 9.17) is 19.9 Å². The second-order valence-electron chi connectivity index (χ2n) is 7.12. The number of rotatable bonds is 6. The number of hydrogen-bond acceptors (Lipinski definition) is 6. The van der Waals surface area contributed by atoms with Gasteiger partial charge in [-0.05, 0) is 43.7 Å². The number of ether oxygens (including phenoxy) is 3. The van der Waals surface area contributed by atoms with Crippen molar-refractivity contribution in [3.05, 3.63) is 53.6 Å². The quantitative estimate of drug-likeness (QED) is 0.816. The van der Waals surface area contributed by atoms with Crippen LogP contribution in [0.25, 0.3) is 0 Å². The normalized spacial score (nSPS) is 26.2. The van der Waals surface area contributed by atoms with Crippen LogP contribution in [0.5, 0.6) is 11.5 Å². The Morgan fingerprint density at radius 1 is 1.15 bits per heavy atom. The average Bonchev–Trinajstić information content (AvgIpc) is 3.03. The minimum absolute atomic E-state index is 0.168. The highest BCUT2D eigenvalue weighted by Gasteiger charge is 2.69. The highest BCUT2D eigenvalue weighted by atomic mass is 32.2. The van der Waals surface area contributed by atoms with Crippen LogP contribution in [0.4, 0.5) is 0 Å². The third-order valence-electron chi connectivity index (χ3n) is 5.30. The number of aryl methyl sites for hydroxylation is 1. The van der Waals surface area contributed by atoms with E-state index in [1.54, 1.807) is 30.3 Å². The Labute approximate surface area is 159 Å². The summed E-state index contributed by atoms with van der Waals surface area (Å²) in [6.07, 6.45) is 0. The average molecular weight is 389 g/mol. The zero-order chi connectivity index (χ0) is 19.2. The van der Waals surface area contributed by atoms with Gasteiger partial charge in [-0.2, -0.15) is 0 Å². The maximum atomic E-state index is 13.3. The molecule has 0 bridgehead atoms. The van der Waals surface area contributed by atoms with Crippen molar-refractivity contribution in [3.63, 3.8) is 0 Å². The molecular formula is C20H23NO5S. The summed E-state index contributed by atoms with van der Waals surface area (Å²) in [6, 6.07) is 12.4. The van der Waals surface area contributed by atoms with Crippen LogP contribution >= 0.6 is 0 Å². The summed E-state index contributed by atoms with van der Waals surface area (Å²) >= 11 is 0. The van der Waals surface area contributed by atoms with Crippen molar-refractivity contribution in [3.8, 4) is 11.5 Å². The van der Waals surface area contributed by atoms with Crippen molar-refractivity contribution >= 4 is 9.84 Å². The van der Waals surface area contributed by atoms with Crippen LogP contribution in [-0.4, -0.2) is 39.2 Å². The molecule has 2 aliphatic rings. The lowest BCUT2D eigenvalue weighted by Crippen LogP contribution is -2.36. The molecular weight excluding hydrogens is 366 g/mol. The van der Waals surface area contributed by atoms with E-state index in [1.807, 2.05) is 26.0 Å². The Hall–Kier alpha value is -2.09. The van der Waals surface area contributed by atoms with Gasteiger partial charge >= 0.3 is 0 Å². The minimum atomic E-state index is -3.61. The second kappa shape index (κ2) is 6.51.